The molecular formula is C24H22ClFN6O2. The van der Waals surface area contributed by atoms with Crippen molar-refractivity contribution in [2.75, 3.05) is 26.2 Å². The first-order chi connectivity index (χ1) is 16.6. The van der Waals surface area contributed by atoms with E-state index in [9.17, 15) is 9.18 Å². The van der Waals surface area contributed by atoms with Crippen molar-refractivity contribution in [3.63, 3.8) is 0 Å². The maximum Gasteiger partial charge on any atom is 0.289 e. The number of carbonyl (C=O) groups excluding carboxylic acids is 1. The number of hydrogen-bond acceptors (Lipinski definition) is 6. The summed E-state index contributed by atoms with van der Waals surface area (Å²) in [5, 5.41) is 13.1. The maximum atomic E-state index is 13.3. The summed E-state index contributed by atoms with van der Waals surface area (Å²) >= 11 is 6.14. The second kappa shape index (κ2) is 9.74. The summed E-state index contributed by atoms with van der Waals surface area (Å²) in [7, 11) is 0. The summed E-state index contributed by atoms with van der Waals surface area (Å²) in [4.78, 5) is 16.7. The van der Waals surface area contributed by atoms with Crippen molar-refractivity contribution >= 4 is 17.5 Å². The van der Waals surface area contributed by atoms with Crippen LogP contribution in [0.2, 0.25) is 5.02 Å². The minimum atomic E-state index is -0.290. The standard InChI is InChI=1S/C24H22ClFN6O2/c25-19-7-5-18(6-8-19)22(23-27-28-29-32(23)16-17-3-9-20(26)10-4-17)30-11-13-31(14-12-30)24(33)21-2-1-15-34-21/h1-10,15,22H,11-14,16H2/t22-/m1/s1. The van der Waals surface area contributed by atoms with Crippen LogP contribution in [0.4, 0.5) is 4.39 Å². The van der Waals surface area contributed by atoms with Gasteiger partial charge in [0.15, 0.2) is 11.6 Å². The molecule has 1 fully saturated rings. The molecule has 8 nitrogen and oxygen atoms in total. The van der Waals surface area contributed by atoms with Crippen LogP contribution in [0.1, 0.15) is 33.5 Å². The minimum absolute atomic E-state index is 0.117. The molecule has 0 saturated carbocycles. The van der Waals surface area contributed by atoms with E-state index in [0.717, 1.165) is 11.1 Å². The highest BCUT2D eigenvalue weighted by atomic mass is 35.5. The van der Waals surface area contributed by atoms with E-state index < -0.39 is 0 Å². The van der Waals surface area contributed by atoms with Gasteiger partial charge < -0.3 is 9.32 Å². The quantitative estimate of drug-likeness (QED) is 0.419. The van der Waals surface area contributed by atoms with Crippen LogP contribution in [0.5, 0.6) is 0 Å². The van der Waals surface area contributed by atoms with Crippen molar-refractivity contribution in [3.8, 4) is 0 Å². The van der Waals surface area contributed by atoms with Gasteiger partial charge in [-0.25, -0.2) is 9.07 Å². The van der Waals surface area contributed by atoms with E-state index in [2.05, 4.69) is 20.4 Å². The number of hydrogen-bond donors (Lipinski definition) is 0. The third kappa shape index (κ3) is 4.71. The average Bonchev–Trinajstić information content (AvgIpc) is 3.55. The van der Waals surface area contributed by atoms with Crippen LogP contribution in [-0.4, -0.2) is 62.1 Å². The van der Waals surface area contributed by atoms with E-state index >= 15 is 0 Å². The Labute approximate surface area is 200 Å². The fourth-order valence-corrected chi connectivity index (χ4v) is 4.32. The Kier molecular flexibility index (Phi) is 6.37. The third-order valence-electron chi connectivity index (χ3n) is 5.93. The van der Waals surface area contributed by atoms with Crippen LogP contribution < -0.4 is 0 Å². The molecule has 0 bridgehead atoms. The van der Waals surface area contributed by atoms with Gasteiger partial charge in [0.05, 0.1) is 18.8 Å². The van der Waals surface area contributed by atoms with Gasteiger partial charge >= 0.3 is 0 Å². The molecule has 0 spiro atoms. The summed E-state index contributed by atoms with van der Waals surface area (Å²) < 4.78 is 20.4. The molecule has 174 valence electrons. The number of carbonyl (C=O) groups is 1. The Bertz CT molecular complexity index is 1240. The van der Waals surface area contributed by atoms with Crippen LogP contribution in [-0.2, 0) is 6.54 Å². The van der Waals surface area contributed by atoms with Crippen LogP contribution in [0.3, 0.4) is 0 Å². The zero-order valence-electron chi connectivity index (χ0n) is 18.2. The molecular weight excluding hydrogens is 459 g/mol. The molecule has 1 atom stereocenters. The number of benzene rings is 2. The number of amides is 1. The first-order valence-electron chi connectivity index (χ1n) is 10.9. The minimum Gasteiger partial charge on any atom is -0.459 e. The molecule has 0 N–H and O–H groups in total. The van der Waals surface area contributed by atoms with Gasteiger partial charge in [-0.15, -0.1) is 5.10 Å². The normalized spacial score (nSPS) is 15.4. The Morgan fingerprint density at radius 1 is 1.03 bits per heavy atom. The smallest absolute Gasteiger partial charge is 0.289 e. The number of piperazine rings is 1. The van der Waals surface area contributed by atoms with E-state index in [-0.39, 0.29) is 17.8 Å². The molecule has 1 aliphatic rings. The van der Waals surface area contributed by atoms with Gasteiger partial charge in [0.2, 0.25) is 0 Å². The molecule has 1 saturated heterocycles. The molecule has 0 aliphatic carbocycles. The lowest BCUT2D eigenvalue weighted by molar-refractivity contribution is 0.0559. The summed E-state index contributed by atoms with van der Waals surface area (Å²) in [6.07, 6.45) is 1.50. The van der Waals surface area contributed by atoms with Crippen molar-refractivity contribution in [2.24, 2.45) is 0 Å². The number of tetrazole rings is 1. The van der Waals surface area contributed by atoms with Crippen LogP contribution in [0, 0.1) is 5.82 Å². The zero-order valence-corrected chi connectivity index (χ0v) is 19.0. The van der Waals surface area contributed by atoms with Crippen molar-refractivity contribution < 1.29 is 13.6 Å². The summed E-state index contributed by atoms with van der Waals surface area (Å²) in [6, 6.07) is 17.0. The van der Waals surface area contributed by atoms with Crippen LogP contribution >= 0.6 is 11.6 Å². The van der Waals surface area contributed by atoms with Gasteiger partial charge in [0.25, 0.3) is 5.91 Å². The van der Waals surface area contributed by atoms with Gasteiger partial charge in [-0.05, 0) is 58.0 Å². The molecule has 2 aromatic carbocycles. The van der Waals surface area contributed by atoms with Crippen molar-refractivity contribution in [2.45, 2.75) is 12.6 Å². The Morgan fingerprint density at radius 2 is 1.76 bits per heavy atom. The van der Waals surface area contributed by atoms with Crippen molar-refractivity contribution in [1.29, 1.82) is 0 Å². The number of nitrogens with zero attached hydrogens (tertiary/aromatic N) is 6. The predicted molar refractivity (Wildman–Crippen MR) is 123 cm³/mol. The molecule has 4 aromatic rings. The summed E-state index contributed by atoms with van der Waals surface area (Å²) in [5.74, 6) is 0.596. The van der Waals surface area contributed by atoms with E-state index in [1.54, 1.807) is 33.8 Å². The van der Waals surface area contributed by atoms with Gasteiger partial charge in [-0.2, -0.15) is 0 Å². The highest BCUT2D eigenvalue weighted by Gasteiger charge is 2.32. The zero-order chi connectivity index (χ0) is 23.5. The molecule has 10 heteroatoms. The van der Waals surface area contributed by atoms with Gasteiger partial charge in [-0.3, -0.25) is 9.69 Å². The second-order valence-corrected chi connectivity index (χ2v) is 8.52. The topological polar surface area (TPSA) is 80.3 Å². The lowest BCUT2D eigenvalue weighted by atomic mass is 10.0. The molecule has 5 rings (SSSR count). The highest BCUT2D eigenvalue weighted by Crippen LogP contribution is 2.29. The molecule has 1 amide bonds. The molecule has 3 heterocycles. The van der Waals surface area contributed by atoms with Crippen LogP contribution in [0.25, 0.3) is 0 Å². The predicted octanol–water partition coefficient (Wildman–Crippen LogP) is 3.65. The fourth-order valence-electron chi connectivity index (χ4n) is 4.19. The number of aromatic nitrogens is 4. The SMILES string of the molecule is O=C(c1ccco1)N1CCN([C@H](c2ccc(Cl)cc2)c2nnnn2Cc2ccc(F)cc2)CC1. The highest BCUT2D eigenvalue weighted by molar-refractivity contribution is 6.30. The number of furan rings is 1. The summed E-state index contributed by atoms with van der Waals surface area (Å²) in [5.41, 5.74) is 1.88. The Balaban J connectivity index is 1.40. The fraction of sp³-hybridized carbons (Fsp3) is 0.250. The largest absolute Gasteiger partial charge is 0.459 e. The molecule has 2 aromatic heterocycles. The first-order valence-corrected chi connectivity index (χ1v) is 11.3. The number of halogens is 2. The number of rotatable bonds is 6. The monoisotopic (exact) mass is 480 g/mol. The average molecular weight is 481 g/mol. The summed E-state index contributed by atoms with van der Waals surface area (Å²) in [6.45, 7) is 2.75. The third-order valence-corrected chi connectivity index (χ3v) is 6.19. The molecule has 34 heavy (non-hydrogen) atoms. The second-order valence-electron chi connectivity index (χ2n) is 8.08. The van der Waals surface area contributed by atoms with E-state index in [0.29, 0.717) is 49.3 Å². The van der Waals surface area contributed by atoms with Gasteiger partial charge in [-0.1, -0.05) is 35.9 Å². The van der Waals surface area contributed by atoms with Crippen molar-refractivity contribution in [1.82, 2.24) is 30.0 Å². The van der Waals surface area contributed by atoms with Gasteiger partial charge in [0.1, 0.15) is 5.82 Å². The maximum absolute atomic E-state index is 13.3. The van der Waals surface area contributed by atoms with E-state index in [4.69, 9.17) is 16.0 Å². The first kappa shape index (κ1) is 22.2. The van der Waals surface area contributed by atoms with Crippen LogP contribution in [0.15, 0.2) is 71.3 Å². The Morgan fingerprint density at radius 3 is 2.44 bits per heavy atom. The van der Waals surface area contributed by atoms with Crippen molar-refractivity contribution in [3.05, 3.63) is 100 Å². The lowest BCUT2D eigenvalue weighted by Gasteiger charge is -2.38. The lowest BCUT2D eigenvalue weighted by Crippen LogP contribution is -2.50. The van der Waals surface area contributed by atoms with E-state index in [1.807, 2.05) is 24.3 Å². The molecule has 1 aliphatic heterocycles. The Hall–Kier alpha value is -3.56. The van der Waals surface area contributed by atoms with E-state index in [1.165, 1.54) is 18.4 Å². The molecule has 0 unspecified atom stereocenters. The van der Waals surface area contributed by atoms with Gasteiger partial charge in [0, 0.05) is 31.2 Å². The molecule has 0 radical (unpaired) electrons.